The van der Waals surface area contributed by atoms with Crippen LogP contribution in [0.25, 0.3) is 11.1 Å². The third kappa shape index (κ3) is 3.79. The van der Waals surface area contributed by atoms with Gasteiger partial charge in [-0.05, 0) is 29.2 Å². The Morgan fingerprint density at radius 3 is 2.38 bits per heavy atom. The molecule has 34 heavy (non-hydrogen) atoms. The van der Waals surface area contributed by atoms with Crippen molar-refractivity contribution in [1.82, 2.24) is 15.1 Å². The number of ether oxygens (including phenoxy) is 1. The fourth-order valence-corrected chi connectivity index (χ4v) is 4.79. The second-order valence-corrected chi connectivity index (χ2v) is 8.53. The summed E-state index contributed by atoms with van der Waals surface area (Å²) in [5.74, 6) is -1.18. The summed E-state index contributed by atoms with van der Waals surface area (Å²) in [4.78, 5) is 38.1. The van der Waals surface area contributed by atoms with E-state index in [1.807, 2.05) is 24.3 Å². The van der Waals surface area contributed by atoms with Crippen LogP contribution in [0.5, 0.6) is 0 Å². The molecule has 1 aliphatic heterocycles. The number of anilines is 1. The van der Waals surface area contributed by atoms with Crippen LogP contribution in [0.4, 0.5) is 10.6 Å². The maximum Gasteiger partial charge on any atom is 0.407 e. The summed E-state index contributed by atoms with van der Waals surface area (Å²) in [6.07, 6.45) is 0.657. The SMILES string of the molecule is C[C@@H](CC(=O)N1CCn2ncc(C(=O)O)c21)NC(=O)OCC1c2ccccc2-c2ccccc21. The highest BCUT2D eigenvalue weighted by Gasteiger charge is 2.32. The zero-order valence-corrected chi connectivity index (χ0v) is 18.6. The second-order valence-electron chi connectivity index (χ2n) is 8.53. The van der Waals surface area contributed by atoms with Gasteiger partial charge in [0.2, 0.25) is 5.91 Å². The summed E-state index contributed by atoms with van der Waals surface area (Å²) in [6, 6.07) is 15.7. The van der Waals surface area contributed by atoms with E-state index in [2.05, 4.69) is 34.7 Å². The predicted octanol–water partition coefficient (Wildman–Crippen LogP) is 3.25. The molecule has 0 saturated carbocycles. The third-order valence-electron chi connectivity index (χ3n) is 6.32. The molecule has 0 saturated heterocycles. The van der Waals surface area contributed by atoms with E-state index in [9.17, 15) is 19.5 Å². The molecule has 0 fully saturated rings. The summed E-state index contributed by atoms with van der Waals surface area (Å²) in [6.45, 7) is 2.68. The van der Waals surface area contributed by atoms with Crippen LogP contribution in [0.3, 0.4) is 0 Å². The van der Waals surface area contributed by atoms with Gasteiger partial charge in [-0.2, -0.15) is 5.10 Å². The van der Waals surface area contributed by atoms with Crippen LogP contribution in [0.2, 0.25) is 0 Å². The van der Waals surface area contributed by atoms with Gasteiger partial charge in [0.1, 0.15) is 18.0 Å². The highest BCUT2D eigenvalue weighted by molar-refractivity contribution is 6.01. The summed E-state index contributed by atoms with van der Waals surface area (Å²) >= 11 is 0. The van der Waals surface area contributed by atoms with Gasteiger partial charge in [-0.25, -0.2) is 14.3 Å². The number of carboxylic acid groups (broad SMARTS) is 1. The molecule has 5 rings (SSSR count). The summed E-state index contributed by atoms with van der Waals surface area (Å²) in [7, 11) is 0. The van der Waals surface area contributed by atoms with Crippen LogP contribution < -0.4 is 10.2 Å². The highest BCUT2D eigenvalue weighted by atomic mass is 16.5. The number of carbonyl (C=O) groups excluding carboxylic acids is 2. The number of rotatable bonds is 6. The van der Waals surface area contributed by atoms with Crippen molar-refractivity contribution in [3.05, 3.63) is 71.4 Å². The first-order valence-electron chi connectivity index (χ1n) is 11.1. The van der Waals surface area contributed by atoms with Gasteiger partial charge in [0.05, 0.1) is 12.7 Å². The lowest BCUT2D eigenvalue weighted by Gasteiger charge is -2.20. The van der Waals surface area contributed by atoms with Crippen molar-refractivity contribution in [3.8, 4) is 11.1 Å². The van der Waals surface area contributed by atoms with Crippen molar-refractivity contribution in [2.75, 3.05) is 18.1 Å². The average molecular weight is 460 g/mol. The van der Waals surface area contributed by atoms with Crippen molar-refractivity contribution < 1.29 is 24.2 Å². The molecule has 9 heteroatoms. The van der Waals surface area contributed by atoms with Gasteiger partial charge in [-0.1, -0.05) is 48.5 Å². The number of alkyl carbamates (subject to hydrolysis) is 1. The van der Waals surface area contributed by atoms with E-state index in [1.54, 1.807) is 6.92 Å². The number of amides is 2. The van der Waals surface area contributed by atoms with Crippen molar-refractivity contribution in [2.24, 2.45) is 0 Å². The van der Waals surface area contributed by atoms with Crippen LogP contribution in [0.15, 0.2) is 54.7 Å². The summed E-state index contributed by atoms with van der Waals surface area (Å²) in [5.41, 5.74) is 4.54. The Kier molecular flexibility index (Phi) is 5.53. The molecule has 2 N–H and O–H groups in total. The number of nitrogens with one attached hydrogen (secondary N) is 1. The lowest BCUT2D eigenvalue weighted by molar-refractivity contribution is -0.118. The highest BCUT2D eigenvalue weighted by Crippen LogP contribution is 2.44. The average Bonchev–Trinajstić information content (AvgIpc) is 3.49. The number of hydrogen-bond acceptors (Lipinski definition) is 5. The number of fused-ring (bicyclic) bond motifs is 4. The molecule has 1 atom stereocenters. The van der Waals surface area contributed by atoms with E-state index in [4.69, 9.17) is 4.74 Å². The minimum atomic E-state index is -1.13. The number of carbonyl (C=O) groups is 3. The van der Waals surface area contributed by atoms with E-state index in [0.29, 0.717) is 13.1 Å². The molecule has 0 bridgehead atoms. The zero-order valence-electron chi connectivity index (χ0n) is 18.6. The monoisotopic (exact) mass is 460 g/mol. The molecule has 174 valence electrons. The molecule has 9 nitrogen and oxygen atoms in total. The van der Waals surface area contributed by atoms with Crippen LogP contribution in [0.1, 0.15) is 40.7 Å². The van der Waals surface area contributed by atoms with E-state index in [-0.39, 0.29) is 36.2 Å². The fraction of sp³-hybridized carbons (Fsp3) is 0.280. The Bertz CT molecular complexity index is 1240. The van der Waals surface area contributed by atoms with Gasteiger partial charge in [-0.15, -0.1) is 0 Å². The molecule has 0 unspecified atom stereocenters. The van der Waals surface area contributed by atoms with Crippen molar-refractivity contribution in [2.45, 2.75) is 31.8 Å². The van der Waals surface area contributed by atoms with Crippen molar-refractivity contribution in [3.63, 3.8) is 0 Å². The molecule has 2 aromatic carbocycles. The largest absolute Gasteiger partial charge is 0.477 e. The van der Waals surface area contributed by atoms with Gasteiger partial charge in [0.15, 0.2) is 0 Å². The maximum atomic E-state index is 12.8. The molecule has 1 aliphatic carbocycles. The molecule has 2 heterocycles. The molecule has 0 radical (unpaired) electrons. The number of aromatic nitrogens is 2. The normalized spacial score (nSPS) is 14.8. The minimum absolute atomic E-state index is 0.00837. The molecular weight excluding hydrogens is 436 g/mol. The topological polar surface area (TPSA) is 114 Å². The van der Waals surface area contributed by atoms with Crippen LogP contribution >= 0.6 is 0 Å². The molecule has 3 aromatic rings. The molecule has 1 aromatic heterocycles. The number of aromatic carboxylic acids is 1. The standard InChI is InChI=1S/C25H24N4O5/c1-15(12-22(30)28-10-11-29-23(28)20(13-26-29)24(31)32)27-25(33)34-14-21-18-8-4-2-6-16(18)17-7-3-5-9-19(17)21/h2-9,13,15,21H,10-12,14H2,1H3,(H,27,33)(H,31,32)/t15-/m0/s1. The molecule has 2 amide bonds. The van der Waals surface area contributed by atoms with Gasteiger partial charge in [0.25, 0.3) is 0 Å². The Hall–Kier alpha value is -4.14. The van der Waals surface area contributed by atoms with E-state index in [1.165, 1.54) is 15.8 Å². The fourth-order valence-electron chi connectivity index (χ4n) is 4.79. The van der Waals surface area contributed by atoms with Gasteiger partial charge >= 0.3 is 12.1 Å². The number of benzene rings is 2. The first kappa shape index (κ1) is 21.7. The molecule has 0 spiro atoms. The van der Waals surface area contributed by atoms with Crippen LogP contribution in [0, 0.1) is 0 Å². The maximum absolute atomic E-state index is 12.8. The number of hydrogen-bond donors (Lipinski definition) is 2. The van der Waals surface area contributed by atoms with E-state index >= 15 is 0 Å². The summed E-state index contributed by atoms with van der Waals surface area (Å²) < 4.78 is 7.05. The van der Waals surface area contributed by atoms with Gasteiger partial charge in [0, 0.05) is 24.9 Å². The quantitative estimate of drug-likeness (QED) is 0.584. The van der Waals surface area contributed by atoms with Crippen molar-refractivity contribution >= 4 is 23.8 Å². The lowest BCUT2D eigenvalue weighted by Crippen LogP contribution is -2.39. The smallest absolute Gasteiger partial charge is 0.407 e. The molecular formula is C25H24N4O5. The second kappa shape index (κ2) is 8.66. The molecule has 2 aliphatic rings. The number of carboxylic acids is 1. The van der Waals surface area contributed by atoms with E-state index < -0.39 is 18.1 Å². The van der Waals surface area contributed by atoms with Crippen LogP contribution in [-0.4, -0.2) is 52.1 Å². The van der Waals surface area contributed by atoms with Gasteiger partial charge < -0.3 is 15.2 Å². The lowest BCUT2D eigenvalue weighted by atomic mass is 9.98. The first-order valence-corrected chi connectivity index (χ1v) is 11.1. The minimum Gasteiger partial charge on any atom is -0.477 e. The van der Waals surface area contributed by atoms with Crippen LogP contribution in [-0.2, 0) is 16.1 Å². The Balaban J connectivity index is 1.19. The third-order valence-corrected chi connectivity index (χ3v) is 6.32. The van der Waals surface area contributed by atoms with E-state index in [0.717, 1.165) is 22.3 Å². The van der Waals surface area contributed by atoms with Crippen molar-refractivity contribution in [1.29, 1.82) is 0 Å². The summed E-state index contributed by atoms with van der Waals surface area (Å²) in [5, 5.41) is 16.1. The Labute approximate surface area is 195 Å². The first-order chi connectivity index (χ1) is 16.4. The Morgan fingerprint density at radius 2 is 1.74 bits per heavy atom. The number of nitrogens with zero attached hydrogens (tertiary/aromatic N) is 3. The predicted molar refractivity (Wildman–Crippen MR) is 124 cm³/mol. The zero-order chi connectivity index (χ0) is 23.8. The van der Waals surface area contributed by atoms with Gasteiger partial charge in [-0.3, -0.25) is 9.69 Å². The Morgan fingerprint density at radius 1 is 1.09 bits per heavy atom.